The highest BCUT2D eigenvalue weighted by atomic mass is 32.1. The Morgan fingerprint density at radius 2 is 1.97 bits per heavy atom. The van der Waals surface area contributed by atoms with Gasteiger partial charge in [-0.2, -0.15) is 11.3 Å². The van der Waals surface area contributed by atoms with E-state index in [9.17, 15) is 4.79 Å². The minimum atomic E-state index is -0.0391. The predicted molar refractivity (Wildman–Crippen MR) is 116 cm³/mol. The summed E-state index contributed by atoms with van der Waals surface area (Å²) in [4.78, 5) is 27.4. The lowest BCUT2D eigenvalue weighted by Crippen LogP contribution is -2.35. The van der Waals surface area contributed by atoms with Crippen LogP contribution in [0.25, 0.3) is 22.6 Å². The van der Waals surface area contributed by atoms with Gasteiger partial charge in [0.25, 0.3) is 5.56 Å². The summed E-state index contributed by atoms with van der Waals surface area (Å²) in [7, 11) is 0. The monoisotopic (exact) mass is 400 g/mol. The van der Waals surface area contributed by atoms with Crippen molar-refractivity contribution < 1.29 is 0 Å². The highest BCUT2D eigenvalue weighted by molar-refractivity contribution is 7.08. The fourth-order valence-electron chi connectivity index (χ4n) is 3.81. The summed E-state index contributed by atoms with van der Waals surface area (Å²) in [5.74, 6) is 0.648. The molecule has 0 aliphatic carbocycles. The third kappa shape index (κ3) is 3.64. The number of hydrogen-bond acceptors (Lipinski definition) is 5. The summed E-state index contributed by atoms with van der Waals surface area (Å²) in [5.41, 5.74) is 5.93. The molecule has 1 aliphatic rings. The smallest absolute Gasteiger partial charge is 0.255 e. The Morgan fingerprint density at radius 3 is 2.79 bits per heavy atom. The zero-order valence-electron chi connectivity index (χ0n) is 15.8. The van der Waals surface area contributed by atoms with E-state index in [0.29, 0.717) is 12.4 Å². The zero-order valence-corrected chi connectivity index (χ0v) is 16.7. The van der Waals surface area contributed by atoms with Crippen molar-refractivity contribution >= 4 is 11.3 Å². The van der Waals surface area contributed by atoms with Gasteiger partial charge in [-0.15, -0.1) is 0 Å². The largest absolute Gasteiger partial charge is 0.306 e. The summed E-state index contributed by atoms with van der Waals surface area (Å²) >= 11 is 1.67. The van der Waals surface area contributed by atoms with Crippen LogP contribution in [0.1, 0.15) is 16.8 Å². The molecular weight excluding hydrogens is 380 g/mol. The number of nitrogens with one attached hydrogen (secondary N) is 1. The van der Waals surface area contributed by atoms with Crippen LogP contribution < -0.4 is 5.56 Å². The molecule has 6 heteroatoms. The van der Waals surface area contributed by atoms with Gasteiger partial charge in [-0.05, 0) is 23.1 Å². The highest BCUT2D eigenvalue weighted by Crippen LogP contribution is 2.26. The minimum absolute atomic E-state index is 0.0391. The number of aromatic nitrogens is 3. The molecular formula is C23H20N4OS. The van der Waals surface area contributed by atoms with Crippen molar-refractivity contribution in [1.82, 2.24) is 19.9 Å². The molecule has 0 bridgehead atoms. The van der Waals surface area contributed by atoms with E-state index in [0.717, 1.165) is 47.6 Å². The van der Waals surface area contributed by atoms with Crippen molar-refractivity contribution in [2.75, 3.05) is 6.54 Å². The predicted octanol–water partition coefficient (Wildman–Crippen LogP) is 4.12. The van der Waals surface area contributed by atoms with E-state index < -0.39 is 0 Å². The van der Waals surface area contributed by atoms with Gasteiger partial charge in [0, 0.05) is 48.8 Å². The van der Waals surface area contributed by atoms with Gasteiger partial charge in [0.2, 0.25) is 0 Å². The number of H-pyrrole nitrogens is 1. The van der Waals surface area contributed by atoms with Crippen LogP contribution in [-0.4, -0.2) is 26.4 Å². The second-order valence-electron chi connectivity index (χ2n) is 7.19. The van der Waals surface area contributed by atoms with E-state index in [1.807, 2.05) is 42.6 Å². The van der Waals surface area contributed by atoms with Gasteiger partial charge in [-0.1, -0.05) is 36.4 Å². The number of thiophene rings is 1. The SMILES string of the molecule is O=c1[nH]c(-c2ccccc2)nc2c1CN(Cc1cccnc1-c1ccsc1)CC2. The van der Waals surface area contributed by atoms with Gasteiger partial charge in [0.1, 0.15) is 5.82 Å². The van der Waals surface area contributed by atoms with Gasteiger partial charge >= 0.3 is 0 Å². The number of nitrogens with zero attached hydrogens (tertiary/aromatic N) is 3. The summed E-state index contributed by atoms with van der Waals surface area (Å²) < 4.78 is 0. The van der Waals surface area contributed by atoms with Gasteiger partial charge < -0.3 is 4.98 Å². The number of benzene rings is 1. The van der Waals surface area contributed by atoms with Crippen LogP contribution in [0.15, 0.2) is 70.3 Å². The number of hydrogen-bond donors (Lipinski definition) is 1. The molecule has 0 unspecified atom stereocenters. The minimum Gasteiger partial charge on any atom is -0.306 e. The molecule has 1 aromatic carbocycles. The molecule has 1 N–H and O–H groups in total. The van der Waals surface area contributed by atoms with E-state index >= 15 is 0 Å². The lowest BCUT2D eigenvalue weighted by molar-refractivity contribution is 0.242. The maximum absolute atomic E-state index is 12.8. The summed E-state index contributed by atoms with van der Waals surface area (Å²) in [6.07, 6.45) is 2.61. The van der Waals surface area contributed by atoms with E-state index in [2.05, 4.69) is 37.8 Å². The number of fused-ring (bicyclic) bond motifs is 1. The second-order valence-corrected chi connectivity index (χ2v) is 7.97. The third-order valence-corrected chi connectivity index (χ3v) is 5.96. The molecule has 0 amide bonds. The summed E-state index contributed by atoms with van der Waals surface area (Å²) in [6.45, 7) is 2.23. The number of rotatable bonds is 4. The average Bonchev–Trinajstić information content (AvgIpc) is 3.30. The molecule has 5 nitrogen and oxygen atoms in total. The Labute approximate surface area is 172 Å². The normalized spacial score (nSPS) is 13.9. The quantitative estimate of drug-likeness (QED) is 0.560. The van der Waals surface area contributed by atoms with Gasteiger partial charge in [0.05, 0.1) is 17.0 Å². The molecule has 5 rings (SSSR count). The van der Waals surface area contributed by atoms with Crippen molar-refractivity contribution in [1.29, 1.82) is 0 Å². The first-order valence-corrected chi connectivity index (χ1v) is 10.6. The Kier molecular flexibility index (Phi) is 4.79. The van der Waals surface area contributed by atoms with Gasteiger partial charge in [-0.3, -0.25) is 14.7 Å². The highest BCUT2D eigenvalue weighted by Gasteiger charge is 2.22. The van der Waals surface area contributed by atoms with Crippen LogP contribution in [0, 0.1) is 0 Å². The molecule has 0 fully saturated rings. The fraction of sp³-hybridized carbons (Fsp3) is 0.174. The molecule has 4 aromatic rings. The Hall–Kier alpha value is -3.09. The van der Waals surface area contributed by atoms with Crippen LogP contribution in [0.4, 0.5) is 0 Å². The van der Waals surface area contributed by atoms with Crippen molar-refractivity contribution in [3.63, 3.8) is 0 Å². The first-order valence-electron chi connectivity index (χ1n) is 9.64. The number of pyridine rings is 1. The Bertz CT molecular complexity index is 1190. The molecule has 4 heterocycles. The van der Waals surface area contributed by atoms with Crippen molar-refractivity contribution in [2.24, 2.45) is 0 Å². The maximum atomic E-state index is 12.8. The van der Waals surface area contributed by atoms with Gasteiger partial charge in [-0.25, -0.2) is 4.98 Å². The first kappa shape index (κ1) is 18.0. The van der Waals surface area contributed by atoms with Crippen LogP contribution in [-0.2, 0) is 19.5 Å². The number of aromatic amines is 1. The Morgan fingerprint density at radius 1 is 1.07 bits per heavy atom. The topological polar surface area (TPSA) is 61.9 Å². The second kappa shape index (κ2) is 7.73. The zero-order chi connectivity index (χ0) is 19.6. The molecule has 144 valence electrons. The Balaban J connectivity index is 1.41. The fourth-order valence-corrected chi connectivity index (χ4v) is 4.46. The molecule has 0 saturated heterocycles. The van der Waals surface area contributed by atoms with E-state index in [4.69, 9.17) is 4.98 Å². The summed E-state index contributed by atoms with van der Waals surface area (Å²) in [6, 6.07) is 16.0. The molecule has 0 atom stereocenters. The lowest BCUT2D eigenvalue weighted by atomic mass is 10.0. The van der Waals surface area contributed by atoms with E-state index in [1.165, 1.54) is 5.56 Å². The molecule has 29 heavy (non-hydrogen) atoms. The van der Waals surface area contributed by atoms with E-state index in [-0.39, 0.29) is 5.56 Å². The first-order chi connectivity index (χ1) is 14.3. The third-order valence-electron chi connectivity index (χ3n) is 5.27. The molecule has 0 spiro atoms. The van der Waals surface area contributed by atoms with Crippen molar-refractivity contribution in [2.45, 2.75) is 19.5 Å². The summed E-state index contributed by atoms with van der Waals surface area (Å²) in [5, 5.41) is 4.19. The molecule has 0 saturated carbocycles. The molecule has 3 aromatic heterocycles. The standard InChI is InChI=1S/C23H20N4OS/c28-23-19-14-27(13-17-7-4-10-24-21(17)18-9-12-29-15-18)11-8-20(19)25-22(26-23)16-5-2-1-3-6-16/h1-7,9-10,12,15H,8,11,13-14H2,(H,25,26,28). The van der Waals surface area contributed by atoms with Crippen LogP contribution in [0.2, 0.25) is 0 Å². The van der Waals surface area contributed by atoms with Crippen LogP contribution in [0.5, 0.6) is 0 Å². The van der Waals surface area contributed by atoms with Crippen LogP contribution >= 0.6 is 11.3 Å². The van der Waals surface area contributed by atoms with Crippen molar-refractivity contribution in [3.8, 4) is 22.6 Å². The molecule has 1 aliphatic heterocycles. The van der Waals surface area contributed by atoms with Crippen LogP contribution in [0.3, 0.4) is 0 Å². The van der Waals surface area contributed by atoms with Crippen molar-refractivity contribution in [3.05, 3.63) is 92.7 Å². The average molecular weight is 401 g/mol. The maximum Gasteiger partial charge on any atom is 0.255 e. The van der Waals surface area contributed by atoms with Gasteiger partial charge in [0.15, 0.2) is 0 Å². The van der Waals surface area contributed by atoms with E-state index in [1.54, 1.807) is 11.3 Å². The molecule has 0 radical (unpaired) electrons. The lowest BCUT2D eigenvalue weighted by Gasteiger charge is -2.28.